The number of carboxylic acids is 1. The van der Waals surface area contributed by atoms with Crippen molar-refractivity contribution >= 4 is 36.0 Å². The maximum absolute atomic E-state index is 14.2. The molecule has 0 spiro atoms. The highest BCUT2D eigenvalue weighted by Crippen LogP contribution is 2.43. The van der Waals surface area contributed by atoms with Crippen LogP contribution in [0.2, 0.25) is 0 Å². The molecule has 1 aromatic heterocycles. The Hall–Kier alpha value is -5.04. The molecule has 6 N–H and O–H groups in total. The van der Waals surface area contributed by atoms with E-state index in [9.17, 15) is 24.3 Å². The number of aromatic amines is 1. The number of carbonyl (C=O) groups excluding carboxylic acids is 3. The molecule has 54 heavy (non-hydrogen) atoms. The third-order valence-electron chi connectivity index (χ3n) is 11.0. The van der Waals surface area contributed by atoms with Gasteiger partial charge in [-0.25, -0.2) is 0 Å². The van der Waals surface area contributed by atoms with Gasteiger partial charge in [-0.1, -0.05) is 20.8 Å². The van der Waals surface area contributed by atoms with Crippen LogP contribution in [0, 0.1) is 18.8 Å². The molecule has 8 bridgehead atoms. The van der Waals surface area contributed by atoms with Gasteiger partial charge in [-0.3, -0.25) is 19.2 Å². The van der Waals surface area contributed by atoms with E-state index in [4.69, 9.17) is 14.2 Å². The van der Waals surface area contributed by atoms with Gasteiger partial charge in [0.2, 0.25) is 5.91 Å². The number of amides is 1. The van der Waals surface area contributed by atoms with Crippen molar-refractivity contribution < 1.29 is 38.5 Å². The summed E-state index contributed by atoms with van der Waals surface area (Å²) >= 11 is 0. The van der Waals surface area contributed by atoms with Crippen molar-refractivity contribution in [3.05, 3.63) is 79.2 Å². The lowest BCUT2D eigenvalue weighted by Crippen LogP contribution is -2.38. The van der Waals surface area contributed by atoms with Crippen LogP contribution in [0.25, 0.3) is 12.2 Å². The number of hydrogen-bond acceptors (Lipinski definition) is 10. The number of H-pyrrole nitrogens is 1. The first-order valence-electron chi connectivity index (χ1n) is 18.9. The van der Waals surface area contributed by atoms with Crippen LogP contribution in [-0.2, 0) is 39.8 Å². The molecule has 1 amide bonds. The van der Waals surface area contributed by atoms with Gasteiger partial charge >= 0.3 is 17.9 Å². The van der Waals surface area contributed by atoms with Crippen molar-refractivity contribution in [1.82, 2.24) is 26.3 Å². The van der Waals surface area contributed by atoms with Crippen molar-refractivity contribution in [2.45, 2.75) is 92.7 Å². The molecule has 13 nitrogen and oxygen atoms in total. The van der Waals surface area contributed by atoms with Crippen LogP contribution in [-0.4, -0.2) is 79.5 Å². The molecule has 4 aliphatic heterocycles. The molecule has 0 radical (unpaired) electrons. The van der Waals surface area contributed by atoms with Crippen LogP contribution in [0.1, 0.15) is 89.7 Å². The number of rotatable bonds is 14. The summed E-state index contributed by atoms with van der Waals surface area (Å²) in [4.78, 5) is 54.1. The molecule has 1 saturated heterocycles. The van der Waals surface area contributed by atoms with Gasteiger partial charge in [0.05, 0.1) is 38.8 Å². The standard InChI is InChI=1S/C41H55N5O8/c1-9-26-21(3)30-18-32-23(5)28(11-12-36(48)49)39(45-32)29(17-37(50)52-8)40-38(41(51)42-13-14-53-15-16-54-25(7)47)24(6)33(46-40)20-35-27(10-2)22(4)31(44-35)19-34(26)43-30/h18-20,23,28,30,40,43-46H,9-17H2,1-8H3,(H,42,51)(H,48,49)/b32-18-,33-20-,34-19-,39-29-. The lowest BCUT2D eigenvalue weighted by atomic mass is 9.83. The Morgan fingerprint density at radius 3 is 2.37 bits per heavy atom. The van der Waals surface area contributed by atoms with Gasteiger partial charge < -0.3 is 45.6 Å². The lowest BCUT2D eigenvalue weighted by molar-refractivity contribution is -0.142. The lowest BCUT2D eigenvalue weighted by Gasteiger charge is -2.25. The summed E-state index contributed by atoms with van der Waals surface area (Å²) in [5.74, 6) is -2.51. The zero-order valence-corrected chi connectivity index (χ0v) is 32.7. The van der Waals surface area contributed by atoms with E-state index in [1.807, 2.05) is 13.0 Å². The van der Waals surface area contributed by atoms with E-state index in [1.54, 1.807) is 0 Å². The van der Waals surface area contributed by atoms with E-state index in [-0.39, 0.29) is 63.0 Å². The van der Waals surface area contributed by atoms with Crippen molar-refractivity contribution in [3.63, 3.8) is 0 Å². The SMILES string of the molecule is CCC1=C(C)C2/C=C3\N/C(=C(/CC(=O)OC)C4N/C(=C\c5[nH]c(c(C)c5CC)/C=C/1N2)C(C)=C4C(=O)NCCOCCOC(C)=O)C(CCC(=O)O)C3C. The quantitative estimate of drug-likeness (QED) is 0.115. The zero-order chi connectivity index (χ0) is 39.3. The second kappa shape index (κ2) is 17.4. The normalized spacial score (nSPS) is 26.1. The number of fused-ring (bicyclic) bond motifs is 8. The summed E-state index contributed by atoms with van der Waals surface area (Å²) in [6, 6.07) is -0.844. The number of allylic oxidation sites excluding steroid dienone is 4. The smallest absolute Gasteiger partial charge is 0.309 e. The highest BCUT2D eigenvalue weighted by atomic mass is 16.6. The van der Waals surface area contributed by atoms with E-state index in [0.29, 0.717) is 23.1 Å². The van der Waals surface area contributed by atoms with Gasteiger partial charge in [-0.2, -0.15) is 0 Å². The van der Waals surface area contributed by atoms with E-state index >= 15 is 0 Å². The second-order valence-corrected chi connectivity index (χ2v) is 14.3. The van der Waals surface area contributed by atoms with E-state index in [0.717, 1.165) is 58.1 Å². The largest absolute Gasteiger partial charge is 0.481 e. The Bertz CT molecular complexity index is 1880. The van der Waals surface area contributed by atoms with Gasteiger partial charge in [0.1, 0.15) is 6.61 Å². The minimum Gasteiger partial charge on any atom is -0.481 e. The molecule has 0 aliphatic carbocycles. The van der Waals surface area contributed by atoms with Crippen LogP contribution in [0.15, 0.2) is 56.7 Å². The number of carbonyl (C=O) groups is 4. The van der Waals surface area contributed by atoms with Crippen molar-refractivity contribution in [3.8, 4) is 0 Å². The van der Waals surface area contributed by atoms with Crippen molar-refractivity contribution in [1.29, 1.82) is 0 Å². The third kappa shape index (κ3) is 8.51. The predicted molar refractivity (Wildman–Crippen MR) is 205 cm³/mol. The van der Waals surface area contributed by atoms with Gasteiger partial charge in [0.25, 0.3) is 0 Å². The Morgan fingerprint density at radius 2 is 1.70 bits per heavy atom. The Morgan fingerprint density at radius 1 is 0.963 bits per heavy atom. The monoisotopic (exact) mass is 745 g/mol. The zero-order valence-electron chi connectivity index (χ0n) is 32.7. The second-order valence-electron chi connectivity index (χ2n) is 14.3. The third-order valence-corrected chi connectivity index (χ3v) is 11.0. The number of esters is 2. The van der Waals surface area contributed by atoms with E-state index in [1.165, 1.54) is 25.2 Å². The average Bonchev–Trinajstić information content (AvgIpc) is 3.81. The molecule has 292 valence electrons. The summed E-state index contributed by atoms with van der Waals surface area (Å²) in [6.45, 7) is 14.5. The molecule has 1 fully saturated rings. The molecule has 4 atom stereocenters. The van der Waals surface area contributed by atoms with Crippen LogP contribution in [0.4, 0.5) is 0 Å². The minimum atomic E-state index is -0.909. The number of methoxy groups -OCH3 is 1. The Kier molecular flexibility index (Phi) is 12.9. The fraction of sp³-hybridized carbons (Fsp3) is 0.512. The van der Waals surface area contributed by atoms with Crippen molar-refractivity contribution in [2.24, 2.45) is 11.8 Å². The number of hydrogen-bond donors (Lipinski definition) is 6. The Labute approximate surface area is 317 Å². The number of carboxylic acid groups (broad SMARTS) is 1. The van der Waals surface area contributed by atoms with E-state index in [2.05, 4.69) is 73.0 Å². The molecular weight excluding hydrogens is 690 g/mol. The fourth-order valence-electron chi connectivity index (χ4n) is 8.08. The highest BCUT2D eigenvalue weighted by Gasteiger charge is 2.42. The van der Waals surface area contributed by atoms with Gasteiger partial charge in [0, 0.05) is 71.5 Å². The summed E-state index contributed by atoms with van der Waals surface area (Å²) in [6.07, 6.45) is 8.15. The highest BCUT2D eigenvalue weighted by molar-refractivity contribution is 5.99. The molecule has 0 aromatic carbocycles. The number of ether oxygens (including phenoxy) is 3. The van der Waals surface area contributed by atoms with Gasteiger partial charge in [-0.15, -0.1) is 0 Å². The van der Waals surface area contributed by atoms with Crippen LogP contribution in [0.5, 0.6) is 0 Å². The number of nitrogens with one attached hydrogen (secondary N) is 5. The molecule has 13 heteroatoms. The number of aliphatic carboxylic acids is 1. The number of aromatic nitrogens is 1. The first kappa shape index (κ1) is 40.2. The van der Waals surface area contributed by atoms with E-state index < -0.39 is 23.9 Å². The average molecular weight is 746 g/mol. The summed E-state index contributed by atoms with van der Waals surface area (Å²) in [7, 11) is 1.33. The first-order chi connectivity index (χ1) is 25.8. The fourth-order valence-corrected chi connectivity index (χ4v) is 8.08. The molecule has 5 heterocycles. The summed E-state index contributed by atoms with van der Waals surface area (Å²) in [5.41, 5.74) is 11.8. The minimum absolute atomic E-state index is 0.0660. The van der Waals surface area contributed by atoms with Gasteiger partial charge in [0.15, 0.2) is 0 Å². The molecular formula is C41H55N5O8. The summed E-state index contributed by atoms with van der Waals surface area (Å²) < 4.78 is 15.7. The predicted octanol–water partition coefficient (Wildman–Crippen LogP) is 4.68. The summed E-state index contributed by atoms with van der Waals surface area (Å²) in [5, 5.41) is 23.8. The molecule has 4 unspecified atom stereocenters. The van der Waals surface area contributed by atoms with Crippen LogP contribution in [0.3, 0.4) is 0 Å². The molecule has 4 aliphatic rings. The van der Waals surface area contributed by atoms with Gasteiger partial charge in [-0.05, 0) is 91.7 Å². The maximum Gasteiger partial charge on any atom is 0.309 e. The maximum atomic E-state index is 14.2. The molecule has 1 aromatic rings. The topological polar surface area (TPSA) is 180 Å². The molecule has 0 saturated carbocycles. The van der Waals surface area contributed by atoms with Crippen molar-refractivity contribution in [2.75, 3.05) is 33.5 Å². The van der Waals surface area contributed by atoms with Crippen LogP contribution < -0.4 is 21.3 Å². The molecule has 5 rings (SSSR count). The van der Waals surface area contributed by atoms with Crippen LogP contribution >= 0.6 is 0 Å². The first-order valence-corrected chi connectivity index (χ1v) is 18.9. The Balaban J connectivity index is 1.69.